The Hall–Kier alpha value is -0.650. The summed E-state index contributed by atoms with van der Waals surface area (Å²) in [4.78, 5) is 16.4. The molecule has 0 spiro atoms. The zero-order chi connectivity index (χ0) is 12.8. The third kappa shape index (κ3) is 3.93. The van der Waals surface area contributed by atoms with Gasteiger partial charge in [0.15, 0.2) is 0 Å². The van der Waals surface area contributed by atoms with Crippen LogP contribution in [-0.4, -0.2) is 73.2 Å². The Morgan fingerprint density at radius 1 is 1.17 bits per heavy atom. The molecule has 0 atom stereocenters. The average molecular weight is 255 g/mol. The third-order valence-electron chi connectivity index (χ3n) is 4.02. The van der Waals surface area contributed by atoms with E-state index in [1.54, 1.807) is 0 Å². The Morgan fingerprint density at radius 2 is 1.94 bits per heavy atom. The molecule has 0 aliphatic carbocycles. The molecule has 2 aliphatic heterocycles. The summed E-state index contributed by atoms with van der Waals surface area (Å²) in [6.45, 7) is 6.40. The van der Waals surface area contributed by atoms with Crippen molar-refractivity contribution in [2.24, 2.45) is 5.92 Å². The molecule has 2 N–H and O–H groups in total. The number of aliphatic hydroxyl groups excluding tert-OH is 1. The second kappa shape index (κ2) is 7.07. The van der Waals surface area contributed by atoms with Gasteiger partial charge in [0.2, 0.25) is 5.91 Å². The summed E-state index contributed by atoms with van der Waals surface area (Å²) in [5, 5.41) is 12.4. The van der Waals surface area contributed by atoms with Crippen molar-refractivity contribution in [1.29, 1.82) is 0 Å². The number of aliphatic hydroxyl groups is 1. The van der Waals surface area contributed by atoms with Crippen molar-refractivity contribution >= 4 is 5.91 Å². The minimum atomic E-state index is 0.265. The first-order valence-electron chi connectivity index (χ1n) is 7.11. The maximum Gasteiger partial charge on any atom is 0.236 e. The molecule has 2 fully saturated rings. The maximum absolute atomic E-state index is 12.2. The number of nitrogens with one attached hydrogen (secondary N) is 1. The van der Waals surface area contributed by atoms with Gasteiger partial charge in [0.25, 0.3) is 0 Å². The Morgan fingerprint density at radius 3 is 2.67 bits per heavy atom. The van der Waals surface area contributed by atoms with Crippen molar-refractivity contribution < 1.29 is 9.90 Å². The number of hydrogen-bond acceptors (Lipinski definition) is 4. The van der Waals surface area contributed by atoms with Crippen LogP contribution in [0.1, 0.15) is 19.3 Å². The fraction of sp³-hybridized carbons (Fsp3) is 0.923. The molecule has 1 amide bonds. The lowest BCUT2D eigenvalue weighted by molar-refractivity contribution is -0.132. The van der Waals surface area contributed by atoms with E-state index in [9.17, 15) is 4.79 Å². The lowest BCUT2D eigenvalue weighted by Gasteiger charge is -2.32. The molecule has 2 aliphatic rings. The SMILES string of the molecule is O=C(CN1CCC(CO)CC1)N1CCCNCC1. The largest absolute Gasteiger partial charge is 0.396 e. The van der Waals surface area contributed by atoms with Crippen molar-refractivity contribution in [3.8, 4) is 0 Å². The minimum absolute atomic E-state index is 0.265. The highest BCUT2D eigenvalue weighted by Gasteiger charge is 2.22. The van der Waals surface area contributed by atoms with Crippen LogP contribution in [0.15, 0.2) is 0 Å². The molecule has 0 aromatic carbocycles. The number of carbonyl (C=O) groups excluding carboxylic acids is 1. The molecule has 0 aromatic heterocycles. The zero-order valence-corrected chi connectivity index (χ0v) is 11.1. The molecule has 5 heteroatoms. The van der Waals surface area contributed by atoms with Gasteiger partial charge in [-0.25, -0.2) is 0 Å². The summed E-state index contributed by atoms with van der Waals surface area (Å²) < 4.78 is 0. The van der Waals surface area contributed by atoms with E-state index in [2.05, 4.69) is 10.2 Å². The number of piperidine rings is 1. The van der Waals surface area contributed by atoms with E-state index in [0.29, 0.717) is 19.1 Å². The van der Waals surface area contributed by atoms with Crippen molar-refractivity contribution in [2.45, 2.75) is 19.3 Å². The van der Waals surface area contributed by atoms with Crippen molar-refractivity contribution in [1.82, 2.24) is 15.1 Å². The van der Waals surface area contributed by atoms with Crippen LogP contribution in [0.3, 0.4) is 0 Å². The van der Waals surface area contributed by atoms with Crippen LogP contribution in [0, 0.1) is 5.92 Å². The Labute approximate surface area is 109 Å². The highest BCUT2D eigenvalue weighted by atomic mass is 16.3. The minimum Gasteiger partial charge on any atom is -0.396 e. The highest BCUT2D eigenvalue weighted by molar-refractivity contribution is 5.78. The summed E-state index contributed by atoms with van der Waals surface area (Å²) in [6.07, 6.45) is 3.09. The first-order valence-corrected chi connectivity index (χ1v) is 7.11. The average Bonchev–Trinajstić information content (AvgIpc) is 2.68. The van der Waals surface area contributed by atoms with Gasteiger partial charge in [0.1, 0.15) is 0 Å². The maximum atomic E-state index is 12.2. The molecule has 2 rings (SSSR count). The topological polar surface area (TPSA) is 55.8 Å². The predicted molar refractivity (Wildman–Crippen MR) is 70.3 cm³/mol. The lowest BCUT2D eigenvalue weighted by Crippen LogP contribution is -2.44. The molecule has 18 heavy (non-hydrogen) atoms. The standard InChI is InChI=1S/C13H25N3O2/c17-11-12-2-7-15(8-3-12)10-13(18)16-6-1-4-14-5-9-16/h12,14,17H,1-11H2. The molecule has 104 valence electrons. The first kappa shape index (κ1) is 13.8. The van der Waals surface area contributed by atoms with E-state index in [1.165, 1.54) is 0 Å². The van der Waals surface area contributed by atoms with Gasteiger partial charge in [-0.3, -0.25) is 9.69 Å². The van der Waals surface area contributed by atoms with E-state index in [1.807, 2.05) is 4.90 Å². The molecule has 0 radical (unpaired) electrons. The van der Waals surface area contributed by atoms with Gasteiger partial charge in [0, 0.05) is 26.2 Å². The second-order valence-electron chi connectivity index (χ2n) is 5.39. The summed E-state index contributed by atoms with van der Waals surface area (Å²) in [7, 11) is 0. The van der Waals surface area contributed by atoms with Gasteiger partial charge in [-0.1, -0.05) is 0 Å². The van der Waals surface area contributed by atoms with E-state index in [4.69, 9.17) is 5.11 Å². The number of hydrogen-bond donors (Lipinski definition) is 2. The smallest absolute Gasteiger partial charge is 0.236 e. The van der Waals surface area contributed by atoms with Gasteiger partial charge in [-0.2, -0.15) is 0 Å². The number of nitrogens with zero attached hydrogens (tertiary/aromatic N) is 2. The summed E-state index contributed by atoms with van der Waals surface area (Å²) in [6, 6.07) is 0. The molecule has 5 nitrogen and oxygen atoms in total. The molecule has 0 aromatic rings. The summed E-state index contributed by atoms with van der Waals surface area (Å²) in [5.74, 6) is 0.708. The molecule has 0 bridgehead atoms. The molecule has 0 unspecified atom stereocenters. The molecule has 2 saturated heterocycles. The van der Waals surface area contributed by atoms with Gasteiger partial charge in [-0.05, 0) is 44.8 Å². The lowest BCUT2D eigenvalue weighted by atomic mass is 9.98. The van der Waals surface area contributed by atoms with Gasteiger partial charge in [0.05, 0.1) is 6.54 Å². The Bertz CT molecular complexity index is 257. The second-order valence-corrected chi connectivity index (χ2v) is 5.39. The first-order chi connectivity index (χ1) is 8.79. The number of carbonyl (C=O) groups is 1. The monoisotopic (exact) mass is 255 g/mol. The van der Waals surface area contributed by atoms with Crippen LogP contribution in [0.2, 0.25) is 0 Å². The van der Waals surface area contributed by atoms with Crippen LogP contribution in [0.5, 0.6) is 0 Å². The molecule has 0 saturated carbocycles. The fourth-order valence-corrected chi connectivity index (χ4v) is 2.71. The Kier molecular flexibility index (Phi) is 5.41. The van der Waals surface area contributed by atoms with Crippen LogP contribution in [0.4, 0.5) is 0 Å². The van der Waals surface area contributed by atoms with E-state index < -0.39 is 0 Å². The van der Waals surface area contributed by atoms with Crippen LogP contribution < -0.4 is 5.32 Å². The van der Waals surface area contributed by atoms with E-state index in [-0.39, 0.29) is 5.91 Å². The van der Waals surface area contributed by atoms with Gasteiger partial charge < -0.3 is 15.3 Å². The van der Waals surface area contributed by atoms with Crippen molar-refractivity contribution in [2.75, 3.05) is 52.4 Å². The summed E-state index contributed by atoms with van der Waals surface area (Å²) in [5.41, 5.74) is 0. The quantitative estimate of drug-likeness (QED) is 0.715. The highest BCUT2D eigenvalue weighted by Crippen LogP contribution is 2.16. The van der Waals surface area contributed by atoms with Crippen molar-refractivity contribution in [3.63, 3.8) is 0 Å². The Balaban J connectivity index is 1.73. The van der Waals surface area contributed by atoms with E-state index >= 15 is 0 Å². The van der Waals surface area contributed by atoms with Crippen LogP contribution in [0.25, 0.3) is 0 Å². The summed E-state index contributed by atoms with van der Waals surface area (Å²) >= 11 is 0. The predicted octanol–water partition coefficient (Wildman–Crippen LogP) is -0.487. The number of likely N-dealkylation sites (tertiary alicyclic amines) is 1. The number of rotatable bonds is 3. The van der Waals surface area contributed by atoms with Crippen LogP contribution >= 0.6 is 0 Å². The molecular weight excluding hydrogens is 230 g/mol. The third-order valence-corrected chi connectivity index (χ3v) is 4.02. The van der Waals surface area contributed by atoms with Crippen molar-refractivity contribution in [3.05, 3.63) is 0 Å². The van der Waals surface area contributed by atoms with E-state index in [0.717, 1.165) is 58.5 Å². The zero-order valence-electron chi connectivity index (χ0n) is 11.1. The van der Waals surface area contributed by atoms with Gasteiger partial charge >= 0.3 is 0 Å². The molecule has 2 heterocycles. The normalized spacial score (nSPS) is 23.9. The van der Waals surface area contributed by atoms with Crippen LogP contribution in [-0.2, 0) is 4.79 Å². The van der Waals surface area contributed by atoms with Gasteiger partial charge in [-0.15, -0.1) is 0 Å². The fourth-order valence-electron chi connectivity index (χ4n) is 2.71. The number of amides is 1. The molecular formula is C13H25N3O2.